The largest absolute Gasteiger partial charge is 0.481 e. The monoisotopic (exact) mass is 524 g/mol. The minimum absolute atomic E-state index is 0.189. The highest BCUT2D eigenvalue weighted by Crippen LogP contribution is 2.49. The van der Waals surface area contributed by atoms with Crippen LogP contribution in [-0.2, 0) is 4.79 Å². The number of rotatable bonds is 6. The number of carboxylic acid groups (broad SMARTS) is 1. The summed E-state index contributed by atoms with van der Waals surface area (Å²) in [6.07, 6.45) is 0. The fraction of sp³-hybridized carbons (Fsp3) is 0.321. The van der Waals surface area contributed by atoms with Crippen LogP contribution in [0.3, 0.4) is 0 Å². The van der Waals surface area contributed by atoms with Crippen molar-refractivity contribution >= 4 is 54.1 Å². The van der Waals surface area contributed by atoms with Gasteiger partial charge >= 0.3 is 5.97 Å². The summed E-state index contributed by atoms with van der Waals surface area (Å²) in [5.74, 6) is 0.123. The van der Waals surface area contributed by atoms with Crippen molar-refractivity contribution < 1.29 is 14.6 Å². The van der Waals surface area contributed by atoms with Crippen LogP contribution in [0.25, 0.3) is 32.0 Å². The molecular formula is C28H29BrO3S. The summed E-state index contributed by atoms with van der Waals surface area (Å²) in [4.78, 5) is 12.6. The van der Waals surface area contributed by atoms with Crippen molar-refractivity contribution in [1.29, 1.82) is 0 Å². The van der Waals surface area contributed by atoms with E-state index < -0.39 is 5.97 Å². The average Bonchev–Trinajstić information content (AvgIpc) is 3.06. The lowest BCUT2D eigenvalue weighted by Crippen LogP contribution is -2.13. The number of aliphatic carboxylic acids is 1. The van der Waals surface area contributed by atoms with E-state index in [0.717, 1.165) is 21.2 Å². The molecule has 0 radical (unpaired) electrons. The van der Waals surface area contributed by atoms with Gasteiger partial charge < -0.3 is 9.84 Å². The van der Waals surface area contributed by atoms with E-state index in [9.17, 15) is 9.90 Å². The molecule has 1 aromatic heterocycles. The third-order valence-electron chi connectivity index (χ3n) is 6.29. The summed E-state index contributed by atoms with van der Waals surface area (Å²) < 4.78 is 8.27. The predicted molar refractivity (Wildman–Crippen MR) is 143 cm³/mol. The number of carbonyl (C=O) groups is 1. The highest BCUT2D eigenvalue weighted by atomic mass is 79.9. The number of aryl methyl sites for hydroxylation is 2. The topological polar surface area (TPSA) is 46.5 Å². The van der Waals surface area contributed by atoms with Crippen LogP contribution in [0.15, 0.2) is 40.9 Å². The second-order valence-corrected chi connectivity index (χ2v) is 11.2. The van der Waals surface area contributed by atoms with Crippen LogP contribution in [-0.4, -0.2) is 17.7 Å². The lowest BCUT2D eigenvalue weighted by Gasteiger charge is -2.22. The molecule has 33 heavy (non-hydrogen) atoms. The zero-order chi connectivity index (χ0) is 24.0. The lowest BCUT2D eigenvalue weighted by atomic mass is 9.86. The Balaban J connectivity index is 2.14. The maximum absolute atomic E-state index is 11.3. The summed E-state index contributed by atoms with van der Waals surface area (Å²) in [5, 5.41) is 12.9. The lowest BCUT2D eigenvalue weighted by molar-refractivity contribution is -0.139. The number of carboxylic acids is 1. The first-order chi connectivity index (χ1) is 15.6. The number of thiophene rings is 1. The van der Waals surface area contributed by atoms with Crippen molar-refractivity contribution in [2.45, 2.75) is 53.4 Å². The summed E-state index contributed by atoms with van der Waals surface area (Å²) in [6, 6.07) is 12.9. The van der Waals surface area contributed by atoms with E-state index in [4.69, 9.17) is 4.74 Å². The fourth-order valence-electron chi connectivity index (χ4n) is 4.51. The normalized spacial score (nSPS) is 11.8. The van der Waals surface area contributed by atoms with Gasteiger partial charge in [-0.1, -0.05) is 52.0 Å². The Morgan fingerprint density at radius 1 is 1.03 bits per heavy atom. The molecule has 1 N–H and O–H groups in total. The summed E-state index contributed by atoms with van der Waals surface area (Å²) in [7, 11) is 0. The number of halogens is 1. The molecule has 0 atom stereocenters. The van der Waals surface area contributed by atoms with Gasteiger partial charge in [-0.3, -0.25) is 0 Å². The van der Waals surface area contributed by atoms with Crippen molar-refractivity contribution in [3.05, 3.63) is 62.4 Å². The van der Waals surface area contributed by atoms with Gasteiger partial charge in [0.25, 0.3) is 0 Å². The smallest absolute Gasteiger partial charge is 0.341 e. The van der Waals surface area contributed by atoms with Crippen LogP contribution in [0.1, 0.15) is 61.1 Å². The average molecular weight is 526 g/mol. The third-order valence-corrected chi connectivity index (χ3v) is 8.60. The first-order valence-electron chi connectivity index (χ1n) is 11.2. The molecular weight excluding hydrogens is 496 g/mol. The molecule has 0 aliphatic carbocycles. The molecule has 0 unspecified atom stereocenters. The molecule has 5 heteroatoms. The van der Waals surface area contributed by atoms with Crippen LogP contribution in [0.5, 0.6) is 5.75 Å². The van der Waals surface area contributed by atoms with Gasteiger partial charge in [0, 0.05) is 14.7 Å². The number of fused-ring (bicyclic) bond motifs is 2. The van der Waals surface area contributed by atoms with E-state index in [1.807, 2.05) is 11.3 Å². The Labute approximate surface area is 207 Å². The van der Waals surface area contributed by atoms with Crippen molar-refractivity contribution in [3.8, 4) is 16.9 Å². The first kappa shape index (κ1) is 23.8. The van der Waals surface area contributed by atoms with E-state index in [-0.39, 0.29) is 18.4 Å². The van der Waals surface area contributed by atoms with Crippen molar-refractivity contribution in [3.63, 3.8) is 0 Å². The minimum atomic E-state index is -0.964. The van der Waals surface area contributed by atoms with Crippen molar-refractivity contribution in [2.75, 3.05) is 6.61 Å². The van der Waals surface area contributed by atoms with Crippen LogP contribution >= 0.6 is 27.3 Å². The van der Waals surface area contributed by atoms with Crippen LogP contribution in [0, 0.1) is 13.8 Å². The van der Waals surface area contributed by atoms with Crippen molar-refractivity contribution in [2.24, 2.45) is 0 Å². The molecule has 3 nitrogen and oxygen atoms in total. The van der Waals surface area contributed by atoms with Gasteiger partial charge in [0.2, 0.25) is 0 Å². The zero-order valence-corrected chi connectivity index (χ0v) is 22.3. The SMILES string of the molecule is Cc1sc2c(Br)c3ccccc3c(-c3cc(C(C)C)c(OCC(=O)O)c(C(C)C)c3)c2c1C. The van der Waals surface area contributed by atoms with Gasteiger partial charge in [0.1, 0.15) is 5.75 Å². The third kappa shape index (κ3) is 4.17. The highest BCUT2D eigenvalue weighted by Gasteiger charge is 2.23. The minimum Gasteiger partial charge on any atom is -0.481 e. The predicted octanol–water partition coefficient (Wildman–Crippen LogP) is 8.81. The Hall–Kier alpha value is -2.37. The van der Waals surface area contributed by atoms with Crippen LogP contribution in [0.4, 0.5) is 0 Å². The molecule has 0 saturated heterocycles. The standard InChI is InChI=1S/C28H29BrO3S/c1-14(2)21-11-18(12-22(15(3)4)27(21)32-13-23(30)31)25-19-9-7-8-10-20(19)26(29)28-24(25)16(5)17(6)33-28/h7-12,14-15H,13H2,1-6H3,(H,30,31). The van der Waals surface area contributed by atoms with Crippen LogP contribution in [0.2, 0.25) is 0 Å². The molecule has 172 valence electrons. The molecule has 1 heterocycles. The Kier molecular flexibility index (Phi) is 6.56. The van der Waals surface area contributed by atoms with Gasteiger partial charge in [0.05, 0.1) is 4.70 Å². The Morgan fingerprint density at radius 2 is 1.61 bits per heavy atom. The molecule has 0 amide bonds. The van der Waals surface area contributed by atoms with E-state index in [1.165, 1.54) is 36.9 Å². The quantitative estimate of drug-likeness (QED) is 0.274. The molecule has 3 aromatic carbocycles. The van der Waals surface area contributed by atoms with E-state index in [1.54, 1.807) is 0 Å². The molecule has 4 aromatic rings. The summed E-state index contributed by atoms with van der Waals surface area (Å²) in [6.45, 7) is 12.6. The number of ether oxygens (including phenoxy) is 1. The maximum atomic E-state index is 11.3. The van der Waals surface area contributed by atoms with Gasteiger partial charge in [-0.15, -0.1) is 11.3 Å². The van der Waals surface area contributed by atoms with Crippen molar-refractivity contribution in [1.82, 2.24) is 0 Å². The second-order valence-electron chi connectivity index (χ2n) is 9.20. The number of hydrogen-bond acceptors (Lipinski definition) is 3. The van der Waals surface area contributed by atoms with Crippen LogP contribution < -0.4 is 4.74 Å². The maximum Gasteiger partial charge on any atom is 0.341 e. The first-order valence-corrected chi connectivity index (χ1v) is 12.8. The van der Waals surface area contributed by atoms with E-state index in [0.29, 0.717) is 5.75 Å². The molecule has 0 saturated carbocycles. The van der Waals surface area contributed by atoms with E-state index >= 15 is 0 Å². The van der Waals surface area contributed by atoms with Gasteiger partial charge in [-0.2, -0.15) is 0 Å². The molecule has 0 spiro atoms. The fourth-order valence-corrected chi connectivity index (χ4v) is 6.41. The number of hydrogen-bond donors (Lipinski definition) is 1. The summed E-state index contributed by atoms with van der Waals surface area (Å²) >= 11 is 5.72. The van der Waals surface area contributed by atoms with E-state index in [2.05, 4.69) is 93.9 Å². The summed E-state index contributed by atoms with van der Waals surface area (Å²) in [5.41, 5.74) is 5.78. The molecule has 4 rings (SSSR count). The van der Waals surface area contributed by atoms with Gasteiger partial charge in [0.15, 0.2) is 6.61 Å². The molecule has 0 aliphatic rings. The highest BCUT2D eigenvalue weighted by molar-refractivity contribution is 9.11. The molecule has 0 aliphatic heterocycles. The van der Waals surface area contributed by atoms with Gasteiger partial charge in [-0.05, 0) is 92.3 Å². The number of benzene rings is 3. The molecule has 0 fully saturated rings. The second kappa shape index (κ2) is 9.11. The zero-order valence-electron chi connectivity index (χ0n) is 19.9. The Morgan fingerprint density at radius 3 is 2.15 bits per heavy atom. The Bertz CT molecular complexity index is 1350. The van der Waals surface area contributed by atoms with Gasteiger partial charge in [-0.25, -0.2) is 4.79 Å². The molecule has 0 bridgehead atoms.